The van der Waals surface area contributed by atoms with E-state index in [4.69, 9.17) is 4.98 Å². The van der Waals surface area contributed by atoms with Crippen molar-refractivity contribution in [2.75, 3.05) is 11.4 Å². The average Bonchev–Trinajstić information content (AvgIpc) is 3.36. The number of anilines is 2. The quantitative estimate of drug-likeness (QED) is 0.501. The van der Waals surface area contributed by atoms with E-state index in [1.807, 2.05) is 47.1 Å². The Kier molecular flexibility index (Phi) is 4.81. The van der Waals surface area contributed by atoms with Crippen molar-refractivity contribution in [3.63, 3.8) is 0 Å². The van der Waals surface area contributed by atoms with Crippen LogP contribution in [0.15, 0.2) is 64.2 Å². The van der Waals surface area contributed by atoms with E-state index in [1.54, 1.807) is 7.05 Å². The maximum absolute atomic E-state index is 13.4. The summed E-state index contributed by atoms with van der Waals surface area (Å²) in [4.78, 5) is 33.2. The van der Waals surface area contributed by atoms with Crippen LogP contribution in [0.2, 0.25) is 0 Å². The lowest BCUT2D eigenvalue weighted by Crippen LogP contribution is -2.39. The van der Waals surface area contributed by atoms with E-state index in [0.717, 1.165) is 23.4 Å². The molecule has 0 radical (unpaired) electrons. The van der Waals surface area contributed by atoms with Gasteiger partial charge in [0.25, 0.3) is 5.56 Å². The zero-order chi connectivity index (χ0) is 22.4. The normalized spacial score (nSPS) is 13.4. The number of allylic oxidation sites excluding steroid dienone is 1. The lowest BCUT2D eigenvalue weighted by molar-refractivity contribution is 0.663. The Hall–Kier alpha value is -3.87. The number of fused-ring (bicyclic) bond motifs is 3. The molecule has 32 heavy (non-hydrogen) atoms. The van der Waals surface area contributed by atoms with Gasteiger partial charge in [-0.1, -0.05) is 54.6 Å². The standard InChI is InChI=1S/C25H25N5O2/c1-17-11-12-18(2)20(16-17)28-14-15-29-21-22(26-24(28)29)27(3)25(32)30(23(21)31)13-7-10-19-8-5-4-6-9-19/h4-12,16H,13-15H2,1-3H3/b10-7+. The molecule has 1 aliphatic heterocycles. The van der Waals surface area contributed by atoms with Crippen molar-refractivity contribution >= 4 is 28.9 Å². The average molecular weight is 428 g/mol. The predicted octanol–water partition coefficient (Wildman–Crippen LogP) is 3.38. The van der Waals surface area contributed by atoms with E-state index < -0.39 is 0 Å². The van der Waals surface area contributed by atoms with Gasteiger partial charge in [0, 0.05) is 32.4 Å². The molecule has 0 unspecified atom stereocenters. The third-order valence-electron chi connectivity index (χ3n) is 6.05. The van der Waals surface area contributed by atoms with Crippen LogP contribution in [0.25, 0.3) is 17.2 Å². The van der Waals surface area contributed by atoms with E-state index in [0.29, 0.717) is 23.7 Å². The van der Waals surface area contributed by atoms with Gasteiger partial charge in [0.05, 0.1) is 0 Å². The Morgan fingerprint density at radius 1 is 1.03 bits per heavy atom. The third kappa shape index (κ3) is 3.17. The second-order valence-corrected chi connectivity index (χ2v) is 8.25. The highest BCUT2D eigenvalue weighted by Crippen LogP contribution is 2.34. The summed E-state index contributed by atoms with van der Waals surface area (Å²) >= 11 is 0. The van der Waals surface area contributed by atoms with Gasteiger partial charge in [0.15, 0.2) is 11.2 Å². The van der Waals surface area contributed by atoms with Gasteiger partial charge in [-0.15, -0.1) is 0 Å². The molecule has 2 aromatic heterocycles. The van der Waals surface area contributed by atoms with Gasteiger partial charge in [-0.25, -0.2) is 4.79 Å². The molecule has 0 bridgehead atoms. The molecule has 0 fully saturated rings. The summed E-state index contributed by atoms with van der Waals surface area (Å²) in [6.07, 6.45) is 3.76. The Morgan fingerprint density at radius 2 is 1.81 bits per heavy atom. The van der Waals surface area contributed by atoms with E-state index in [9.17, 15) is 9.59 Å². The molecule has 7 heteroatoms. The van der Waals surface area contributed by atoms with Gasteiger partial charge in [-0.05, 0) is 36.6 Å². The number of aromatic nitrogens is 4. The molecule has 1 aliphatic rings. The fourth-order valence-corrected chi connectivity index (χ4v) is 4.34. The first-order valence-electron chi connectivity index (χ1n) is 10.7. The highest BCUT2D eigenvalue weighted by Gasteiger charge is 2.29. The molecule has 0 spiro atoms. The van der Waals surface area contributed by atoms with Crippen molar-refractivity contribution in [2.24, 2.45) is 7.05 Å². The first-order valence-corrected chi connectivity index (χ1v) is 10.7. The molecule has 2 aromatic carbocycles. The van der Waals surface area contributed by atoms with Crippen LogP contribution in [-0.2, 0) is 20.1 Å². The summed E-state index contributed by atoms with van der Waals surface area (Å²) < 4.78 is 4.69. The highest BCUT2D eigenvalue weighted by atomic mass is 16.2. The minimum absolute atomic E-state index is 0.206. The predicted molar refractivity (Wildman–Crippen MR) is 128 cm³/mol. The van der Waals surface area contributed by atoms with Crippen LogP contribution in [0.3, 0.4) is 0 Å². The van der Waals surface area contributed by atoms with Crippen LogP contribution in [0.4, 0.5) is 11.6 Å². The molecule has 4 aromatic rings. The smallest absolute Gasteiger partial charge is 0.310 e. The summed E-state index contributed by atoms with van der Waals surface area (Å²) in [6.45, 7) is 5.72. The summed E-state index contributed by atoms with van der Waals surface area (Å²) in [6, 6.07) is 16.1. The maximum atomic E-state index is 13.4. The second kappa shape index (κ2) is 7.67. The molecule has 3 heterocycles. The Labute approximate surface area is 185 Å². The van der Waals surface area contributed by atoms with E-state index in [-0.39, 0.29) is 17.8 Å². The van der Waals surface area contributed by atoms with Crippen molar-refractivity contribution in [3.05, 3.63) is 92.1 Å². The number of hydrogen-bond donors (Lipinski definition) is 0. The fourth-order valence-electron chi connectivity index (χ4n) is 4.34. The van der Waals surface area contributed by atoms with Crippen LogP contribution in [0, 0.1) is 13.8 Å². The van der Waals surface area contributed by atoms with Crippen LogP contribution in [0.5, 0.6) is 0 Å². The number of aryl methyl sites for hydroxylation is 3. The number of nitrogens with zero attached hydrogens (tertiary/aromatic N) is 5. The SMILES string of the molecule is Cc1ccc(C)c(N2CCn3c2nc2c3c(=O)n(C/C=C/c3ccccc3)c(=O)n2C)c1. The number of hydrogen-bond acceptors (Lipinski definition) is 4. The molecule has 0 N–H and O–H groups in total. The summed E-state index contributed by atoms with van der Waals surface area (Å²) in [5.41, 5.74) is 4.64. The Bertz CT molecular complexity index is 1470. The zero-order valence-corrected chi connectivity index (χ0v) is 18.4. The molecule has 0 saturated heterocycles. The molecule has 0 atom stereocenters. The van der Waals surface area contributed by atoms with Gasteiger partial charge in [0.2, 0.25) is 5.95 Å². The lowest BCUT2D eigenvalue weighted by Gasteiger charge is -2.19. The minimum atomic E-state index is -0.365. The second-order valence-electron chi connectivity index (χ2n) is 8.25. The number of imidazole rings is 1. The van der Waals surface area contributed by atoms with E-state index in [1.165, 1.54) is 14.7 Å². The van der Waals surface area contributed by atoms with Crippen molar-refractivity contribution in [1.82, 2.24) is 18.7 Å². The fraction of sp³-hybridized carbons (Fsp3) is 0.240. The molecule has 5 rings (SSSR count). The van der Waals surface area contributed by atoms with E-state index in [2.05, 4.69) is 36.9 Å². The molecule has 0 amide bonds. The molecule has 7 nitrogen and oxygen atoms in total. The van der Waals surface area contributed by atoms with Crippen LogP contribution >= 0.6 is 0 Å². The van der Waals surface area contributed by atoms with Crippen LogP contribution in [0.1, 0.15) is 16.7 Å². The lowest BCUT2D eigenvalue weighted by atomic mass is 10.1. The van der Waals surface area contributed by atoms with Gasteiger partial charge >= 0.3 is 5.69 Å². The van der Waals surface area contributed by atoms with Crippen molar-refractivity contribution in [3.8, 4) is 0 Å². The first-order chi connectivity index (χ1) is 15.5. The minimum Gasteiger partial charge on any atom is -0.310 e. The summed E-state index contributed by atoms with van der Waals surface area (Å²) in [5, 5.41) is 0. The first kappa shape index (κ1) is 20.1. The van der Waals surface area contributed by atoms with Gasteiger partial charge in [-0.2, -0.15) is 4.98 Å². The molecule has 162 valence electrons. The molecule has 0 saturated carbocycles. The zero-order valence-electron chi connectivity index (χ0n) is 18.4. The van der Waals surface area contributed by atoms with Crippen LogP contribution in [-0.4, -0.2) is 25.2 Å². The monoisotopic (exact) mass is 427 g/mol. The highest BCUT2D eigenvalue weighted by molar-refractivity contribution is 5.78. The molecular formula is C25H25N5O2. The van der Waals surface area contributed by atoms with Gasteiger partial charge < -0.3 is 9.47 Å². The van der Waals surface area contributed by atoms with Gasteiger partial charge in [-0.3, -0.25) is 13.9 Å². The van der Waals surface area contributed by atoms with Crippen molar-refractivity contribution < 1.29 is 0 Å². The Morgan fingerprint density at radius 3 is 2.59 bits per heavy atom. The molecule has 0 aliphatic carbocycles. The maximum Gasteiger partial charge on any atom is 0.332 e. The van der Waals surface area contributed by atoms with Crippen LogP contribution < -0.4 is 16.1 Å². The third-order valence-corrected chi connectivity index (χ3v) is 6.05. The van der Waals surface area contributed by atoms with Crippen molar-refractivity contribution in [1.29, 1.82) is 0 Å². The van der Waals surface area contributed by atoms with E-state index >= 15 is 0 Å². The van der Waals surface area contributed by atoms with Gasteiger partial charge in [0.1, 0.15) is 0 Å². The summed E-state index contributed by atoms with van der Waals surface area (Å²) in [7, 11) is 1.67. The number of benzene rings is 2. The van der Waals surface area contributed by atoms with Crippen molar-refractivity contribution in [2.45, 2.75) is 26.9 Å². The molecular weight excluding hydrogens is 402 g/mol. The largest absolute Gasteiger partial charge is 0.332 e. The Balaban J connectivity index is 1.60. The number of rotatable bonds is 4. The summed E-state index contributed by atoms with van der Waals surface area (Å²) in [5.74, 6) is 0.707. The topological polar surface area (TPSA) is 65.1 Å².